The lowest BCUT2D eigenvalue weighted by atomic mass is 10.1. The van der Waals surface area contributed by atoms with Crippen LogP contribution in [-0.2, 0) is 16.1 Å². The molecule has 2 aliphatic rings. The van der Waals surface area contributed by atoms with Gasteiger partial charge >= 0.3 is 0 Å². The van der Waals surface area contributed by atoms with Crippen molar-refractivity contribution in [2.75, 3.05) is 6.61 Å². The second-order valence-corrected chi connectivity index (χ2v) is 5.79. The minimum Gasteiger partial charge on any atom is -0.495 e. The van der Waals surface area contributed by atoms with Gasteiger partial charge in [-0.15, -0.1) is 0 Å². The Labute approximate surface area is 132 Å². The van der Waals surface area contributed by atoms with E-state index in [0.717, 1.165) is 17.3 Å². The van der Waals surface area contributed by atoms with Crippen LogP contribution in [0.2, 0.25) is 0 Å². The van der Waals surface area contributed by atoms with Crippen LogP contribution in [0.5, 0.6) is 0 Å². The van der Waals surface area contributed by atoms with Gasteiger partial charge in [0.25, 0.3) is 5.91 Å². The summed E-state index contributed by atoms with van der Waals surface area (Å²) in [5, 5.41) is 4.26. The summed E-state index contributed by atoms with van der Waals surface area (Å²) in [4.78, 5) is 24.4. The van der Waals surface area contributed by atoms with Gasteiger partial charge in [0.15, 0.2) is 5.82 Å². The number of carbonyl (C=O) groups excluding carboxylic acids is 1. The fourth-order valence-corrected chi connectivity index (χ4v) is 2.83. The highest BCUT2D eigenvalue weighted by molar-refractivity contribution is 5.99. The van der Waals surface area contributed by atoms with Gasteiger partial charge in [-0.05, 0) is 13.8 Å². The van der Waals surface area contributed by atoms with Crippen molar-refractivity contribution in [3.05, 3.63) is 30.2 Å². The minimum atomic E-state index is -0.295. The van der Waals surface area contributed by atoms with Crippen LogP contribution in [0.3, 0.4) is 0 Å². The highest BCUT2D eigenvalue weighted by Gasteiger charge is 2.29. The number of aromatic nitrogens is 5. The Kier molecular flexibility index (Phi) is 3.10. The molecule has 0 spiro atoms. The lowest BCUT2D eigenvalue weighted by Crippen LogP contribution is -2.14. The van der Waals surface area contributed by atoms with Crippen LogP contribution >= 0.6 is 0 Å². The maximum atomic E-state index is 11.5. The highest BCUT2D eigenvalue weighted by atomic mass is 16.5. The lowest BCUT2D eigenvalue weighted by Gasteiger charge is -2.14. The molecule has 2 aromatic heterocycles. The molecule has 23 heavy (non-hydrogen) atoms. The first-order valence-corrected chi connectivity index (χ1v) is 7.53. The first-order valence-electron chi connectivity index (χ1n) is 7.53. The van der Waals surface area contributed by atoms with E-state index in [9.17, 15) is 4.79 Å². The number of ether oxygens (including phenoxy) is 1. The van der Waals surface area contributed by atoms with Crippen molar-refractivity contribution in [3.8, 4) is 11.5 Å². The van der Waals surface area contributed by atoms with E-state index in [-0.39, 0.29) is 17.9 Å². The Morgan fingerprint density at radius 2 is 2.26 bits per heavy atom. The van der Waals surface area contributed by atoms with E-state index in [1.807, 2.05) is 29.3 Å². The second kappa shape index (κ2) is 5.15. The molecule has 0 fully saturated rings. The molecule has 1 atom stereocenters. The molecular weight excluding hydrogens is 296 g/mol. The SMILES string of the molecule is CC(C)n1ncnc1-c1cn2c(n1)C1C=NC(=O)C=C1OCC2. The molecule has 0 aromatic carbocycles. The van der Waals surface area contributed by atoms with Crippen LogP contribution in [0.1, 0.15) is 31.6 Å². The van der Waals surface area contributed by atoms with Crippen molar-refractivity contribution >= 4 is 12.1 Å². The number of fused-ring (bicyclic) bond motifs is 3. The summed E-state index contributed by atoms with van der Waals surface area (Å²) in [7, 11) is 0. The number of hydrogen-bond donors (Lipinski definition) is 0. The van der Waals surface area contributed by atoms with Gasteiger partial charge in [-0.3, -0.25) is 4.79 Å². The molecule has 0 N–H and O–H groups in total. The van der Waals surface area contributed by atoms with Crippen molar-refractivity contribution < 1.29 is 9.53 Å². The maximum absolute atomic E-state index is 11.5. The Morgan fingerprint density at radius 3 is 3.09 bits per heavy atom. The van der Waals surface area contributed by atoms with E-state index in [0.29, 0.717) is 18.9 Å². The van der Waals surface area contributed by atoms with E-state index < -0.39 is 0 Å². The summed E-state index contributed by atoms with van der Waals surface area (Å²) >= 11 is 0. The monoisotopic (exact) mass is 312 g/mol. The molecule has 1 unspecified atom stereocenters. The van der Waals surface area contributed by atoms with Gasteiger partial charge in [0.2, 0.25) is 0 Å². The smallest absolute Gasteiger partial charge is 0.272 e. The topological polar surface area (TPSA) is 87.2 Å². The molecule has 2 aliphatic heterocycles. The molecular formula is C15H16N6O2. The Balaban J connectivity index is 1.79. The Morgan fingerprint density at radius 1 is 1.39 bits per heavy atom. The molecule has 0 bridgehead atoms. The average Bonchev–Trinajstić information content (AvgIpc) is 3.11. The molecule has 0 aliphatic carbocycles. The molecule has 4 heterocycles. The molecule has 8 nitrogen and oxygen atoms in total. The van der Waals surface area contributed by atoms with Gasteiger partial charge in [0.1, 0.15) is 36.1 Å². The fraction of sp³-hybridized carbons (Fsp3) is 0.400. The van der Waals surface area contributed by atoms with Crippen molar-refractivity contribution in [1.29, 1.82) is 0 Å². The third-order valence-corrected chi connectivity index (χ3v) is 3.90. The summed E-state index contributed by atoms with van der Waals surface area (Å²) in [6.45, 7) is 5.25. The van der Waals surface area contributed by atoms with E-state index in [1.54, 1.807) is 6.21 Å². The number of imidazole rings is 1. The Hall–Kier alpha value is -2.77. The normalized spacial score (nSPS) is 19.9. The first-order chi connectivity index (χ1) is 11.1. The zero-order valence-corrected chi connectivity index (χ0v) is 12.9. The summed E-state index contributed by atoms with van der Waals surface area (Å²) in [5.41, 5.74) is 0.762. The van der Waals surface area contributed by atoms with Crippen LogP contribution in [0.25, 0.3) is 11.5 Å². The number of hydrogen-bond acceptors (Lipinski definition) is 5. The van der Waals surface area contributed by atoms with Gasteiger partial charge in [0, 0.05) is 24.5 Å². The molecule has 2 aromatic rings. The standard InChI is InChI=1S/C15H16N6O2/c1-9(2)21-15(17-8-18-21)11-7-20-3-4-23-12-5-13(22)16-6-10(12)14(20)19-11/h5-10H,3-4H2,1-2H3. The summed E-state index contributed by atoms with van der Waals surface area (Å²) < 4.78 is 9.54. The largest absolute Gasteiger partial charge is 0.495 e. The van der Waals surface area contributed by atoms with E-state index in [2.05, 4.69) is 15.1 Å². The van der Waals surface area contributed by atoms with Crippen molar-refractivity contribution in [3.63, 3.8) is 0 Å². The average molecular weight is 312 g/mol. The van der Waals surface area contributed by atoms with Crippen LogP contribution < -0.4 is 0 Å². The molecule has 8 heteroatoms. The summed E-state index contributed by atoms with van der Waals surface area (Å²) in [6, 6.07) is 0.196. The van der Waals surface area contributed by atoms with E-state index in [1.165, 1.54) is 12.4 Å². The van der Waals surface area contributed by atoms with Crippen molar-refractivity contribution in [1.82, 2.24) is 24.3 Å². The molecule has 0 radical (unpaired) electrons. The van der Waals surface area contributed by atoms with Gasteiger partial charge in [-0.25, -0.2) is 19.6 Å². The first kappa shape index (κ1) is 13.9. The number of nitrogens with zero attached hydrogens (tertiary/aromatic N) is 6. The maximum Gasteiger partial charge on any atom is 0.272 e. The fourth-order valence-electron chi connectivity index (χ4n) is 2.83. The van der Waals surface area contributed by atoms with Gasteiger partial charge in [-0.1, -0.05) is 0 Å². The van der Waals surface area contributed by atoms with E-state index in [4.69, 9.17) is 9.72 Å². The molecule has 1 amide bonds. The van der Waals surface area contributed by atoms with Crippen LogP contribution in [0.4, 0.5) is 0 Å². The third-order valence-electron chi connectivity index (χ3n) is 3.90. The number of allylic oxidation sites excluding steroid dienone is 1. The van der Waals surface area contributed by atoms with Gasteiger partial charge < -0.3 is 9.30 Å². The number of amides is 1. The number of rotatable bonds is 2. The molecule has 118 valence electrons. The van der Waals surface area contributed by atoms with Gasteiger partial charge in [-0.2, -0.15) is 5.10 Å². The van der Waals surface area contributed by atoms with Crippen molar-refractivity contribution in [2.45, 2.75) is 32.4 Å². The van der Waals surface area contributed by atoms with Crippen LogP contribution in [0, 0.1) is 0 Å². The summed E-state index contributed by atoms with van der Waals surface area (Å²) in [5.74, 6) is 1.61. The molecule has 0 saturated carbocycles. The quantitative estimate of drug-likeness (QED) is 0.835. The number of aliphatic imine (C=N–C) groups is 1. The molecule has 0 saturated heterocycles. The summed E-state index contributed by atoms with van der Waals surface area (Å²) in [6.07, 6.45) is 6.52. The van der Waals surface area contributed by atoms with Crippen LogP contribution in [-0.4, -0.2) is 43.0 Å². The highest BCUT2D eigenvalue weighted by Crippen LogP contribution is 2.30. The lowest BCUT2D eigenvalue weighted by molar-refractivity contribution is -0.113. The zero-order valence-electron chi connectivity index (χ0n) is 12.9. The second-order valence-electron chi connectivity index (χ2n) is 5.79. The third kappa shape index (κ3) is 2.26. The predicted octanol–water partition coefficient (Wildman–Crippen LogP) is 1.33. The molecule has 4 rings (SSSR count). The zero-order chi connectivity index (χ0) is 16.0. The number of carbonyl (C=O) groups is 1. The minimum absolute atomic E-state index is 0.196. The van der Waals surface area contributed by atoms with Crippen molar-refractivity contribution in [2.24, 2.45) is 4.99 Å². The van der Waals surface area contributed by atoms with E-state index >= 15 is 0 Å². The van der Waals surface area contributed by atoms with Crippen LogP contribution in [0.15, 0.2) is 29.4 Å². The number of dihydropyridines is 1. The Bertz CT molecular complexity index is 829. The van der Waals surface area contributed by atoms with Gasteiger partial charge in [0.05, 0.1) is 6.54 Å². The predicted molar refractivity (Wildman–Crippen MR) is 81.9 cm³/mol.